The Kier molecular flexibility index (Phi) is 8.34. The largest absolute Gasteiger partial charge is 0.439 e. The van der Waals surface area contributed by atoms with E-state index in [1.54, 1.807) is 12.3 Å². The highest BCUT2D eigenvalue weighted by Crippen LogP contribution is 2.23. The van der Waals surface area contributed by atoms with Gasteiger partial charge in [0.1, 0.15) is 5.75 Å². The highest BCUT2D eigenvalue weighted by Gasteiger charge is 2.28. The zero-order valence-corrected chi connectivity index (χ0v) is 16.7. The molecule has 0 aliphatic carbocycles. The Hall–Kier alpha value is -1.82. The molecule has 142 valence electrons. The van der Waals surface area contributed by atoms with Gasteiger partial charge in [-0.05, 0) is 62.2 Å². The van der Waals surface area contributed by atoms with E-state index in [2.05, 4.69) is 22.5 Å². The smallest absolute Gasteiger partial charge is 0.227 e. The van der Waals surface area contributed by atoms with Gasteiger partial charge >= 0.3 is 0 Å². The lowest BCUT2D eigenvalue weighted by Gasteiger charge is -2.31. The number of halogens is 2. The van der Waals surface area contributed by atoms with Crippen molar-refractivity contribution in [2.75, 3.05) is 18.4 Å². The van der Waals surface area contributed by atoms with Crippen molar-refractivity contribution in [2.24, 2.45) is 11.8 Å². The van der Waals surface area contributed by atoms with E-state index in [0.717, 1.165) is 18.8 Å². The van der Waals surface area contributed by atoms with Crippen molar-refractivity contribution >= 4 is 36.4 Å². The molecule has 5 nitrogen and oxygen atoms in total. The van der Waals surface area contributed by atoms with Gasteiger partial charge in [-0.15, -0.1) is 24.8 Å². The van der Waals surface area contributed by atoms with Crippen molar-refractivity contribution in [3.8, 4) is 11.6 Å². The molecule has 26 heavy (non-hydrogen) atoms. The van der Waals surface area contributed by atoms with Crippen LogP contribution in [0.4, 0.5) is 5.69 Å². The van der Waals surface area contributed by atoms with Crippen LogP contribution in [0, 0.1) is 25.7 Å². The molecule has 1 aromatic carbocycles. The Morgan fingerprint density at radius 1 is 1.19 bits per heavy atom. The minimum Gasteiger partial charge on any atom is -0.439 e. The number of rotatable bonds is 5. The molecule has 0 bridgehead atoms. The number of nitrogens with zero attached hydrogens (tertiary/aromatic N) is 1. The molecule has 1 fully saturated rings. The average Bonchev–Trinajstić information content (AvgIpc) is 2.51. The summed E-state index contributed by atoms with van der Waals surface area (Å²) in [5.74, 6) is 1.72. The molecule has 1 amide bonds. The van der Waals surface area contributed by atoms with Crippen LogP contribution in [0.25, 0.3) is 0 Å². The molecule has 1 unspecified atom stereocenters. The van der Waals surface area contributed by atoms with Gasteiger partial charge in [-0.25, -0.2) is 4.98 Å². The highest BCUT2D eigenvalue weighted by molar-refractivity contribution is 5.92. The first-order chi connectivity index (χ1) is 11.5. The summed E-state index contributed by atoms with van der Waals surface area (Å²) in [5, 5.41) is 6.10. The molecular weight excluding hydrogens is 373 g/mol. The van der Waals surface area contributed by atoms with Crippen LogP contribution in [0.1, 0.15) is 18.1 Å². The Morgan fingerprint density at radius 2 is 1.92 bits per heavy atom. The van der Waals surface area contributed by atoms with Gasteiger partial charge in [0.15, 0.2) is 0 Å². The first-order valence-corrected chi connectivity index (χ1v) is 8.25. The summed E-state index contributed by atoms with van der Waals surface area (Å²) >= 11 is 0. The zero-order valence-electron chi connectivity index (χ0n) is 15.1. The molecule has 1 aromatic heterocycles. The van der Waals surface area contributed by atoms with Crippen molar-refractivity contribution in [3.05, 3.63) is 47.7 Å². The van der Waals surface area contributed by atoms with E-state index >= 15 is 0 Å². The van der Waals surface area contributed by atoms with Crippen LogP contribution in [0.15, 0.2) is 36.5 Å². The number of carbonyl (C=O) groups is 1. The second-order valence-electron chi connectivity index (χ2n) is 6.43. The molecule has 0 saturated carbocycles. The fraction of sp³-hybridized carbons (Fsp3) is 0.368. The molecule has 2 N–H and O–H groups in total. The quantitative estimate of drug-likeness (QED) is 0.795. The normalized spacial score (nSPS) is 14.3. The Labute approximate surface area is 166 Å². The maximum absolute atomic E-state index is 12.2. The maximum Gasteiger partial charge on any atom is 0.227 e. The minimum atomic E-state index is -0.00212. The van der Waals surface area contributed by atoms with Crippen LogP contribution in [-0.2, 0) is 4.79 Å². The van der Waals surface area contributed by atoms with Gasteiger partial charge in [0.2, 0.25) is 11.8 Å². The Balaban J connectivity index is 0.00000169. The molecule has 0 spiro atoms. The Morgan fingerprint density at radius 3 is 2.46 bits per heavy atom. The van der Waals surface area contributed by atoms with Gasteiger partial charge in [0.25, 0.3) is 0 Å². The number of ether oxygens (including phenoxy) is 1. The summed E-state index contributed by atoms with van der Waals surface area (Å²) in [7, 11) is 0. The first-order valence-electron chi connectivity index (χ1n) is 8.25. The van der Waals surface area contributed by atoms with Gasteiger partial charge in [-0.3, -0.25) is 4.79 Å². The number of pyridine rings is 1. The summed E-state index contributed by atoms with van der Waals surface area (Å²) < 4.78 is 5.75. The number of aromatic nitrogens is 1. The number of hydrogen-bond acceptors (Lipinski definition) is 4. The van der Waals surface area contributed by atoms with E-state index in [0.29, 0.717) is 17.5 Å². The lowest BCUT2D eigenvalue weighted by Crippen LogP contribution is -2.48. The molecular formula is C19H25Cl2N3O2. The summed E-state index contributed by atoms with van der Waals surface area (Å²) in [5.41, 5.74) is 3.09. The molecule has 1 aliphatic rings. The van der Waals surface area contributed by atoms with Crippen LogP contribution >= 0.6 is 24.8 Å². The van der Waals surface area contributed by atoms with Crippen molar-refractivity contribution in [2.45, 2.75) is 20.8 Å². The van der Waals surface area contributed by atoms with Crippen molar-refractivity contribution < 1.29 is 9.53 Å². The molecule has 0 radical (unpaired) electrons. The molecule has 1 atom stereocenters. The number of aryl methyl sites for hydroxylation is 2. The third-order valence-electron chi connectivity index (χ3n) is 4.64. The van der Waals surface area contributed by atoms with Gasteiger partial charge in [0.05, 0.1) is 11.9 Å². The second-order valence-corrected chi connectivity index (χ2v) is 6.43. The molecule has 2 aromatic rings. The molecule has 7 heteroatoms. The van der Waals surface area contributed by atoms with Crippen molar-refractivity contribution in [3.63, 3.8) is 0 Å². The van der Waals surface area contributed by atoms with E-state index in [-0.39, 0.29) is 36.6 Å². The summed E-state index contributed by atoms with van der Waals surface area (Å²) in [6.45, 7) is 7.90. The predicted octanol–water partition coefficient (Wildman–Crippen LogP) is 4.13. The van der Waals surface area contributed by atoms with Gasteiger partial charge in [-0.1, -0.05) is 13.0 Å². The number of hydrogen-bond donors (Lipinski definition) is 2. The van der Waals surface area contributed by atoms with E-state index < -0.39 is 0 Å². The zero-order chi connectivity index (χ0) is 17.1. The van der Waals surface area contributed by atoms with E-state index in [9.17, 15) is 4.79 Å². The summed E-state index contributed by atoms with van der Waals surface area (Å²) in [6, 6.07) is 9.51. The molecule has 1 aliphatic heterocycles. The van der Waals surface area contributed by atoms with Crippen LogP contribution in [-0.4, -0.2) is 24.0 Å². The lowest BCUT2D eigenvalue weighted by molar-refractivity contribution is -0.121. The number of nitrogens with one attached hydrogen (secondary N) is 2. The highest BCUT2D eigenvalue weighted by atomic mass is 35.5. The fourth-order valence-corrected chi connectivity index (χ4v) is 2.55. The third kappa shape index (κ3) is 5.34. The minimum absolute atomic E-state index is 0. The van der Waals surface area contributed by atoms with E-state index in [1.165, 1.54) is 11.1 Å². The van der Waals surface area contributed by atoms with E-state index in [1.807, 2.05) is 38.1 Å². The maximum atomic E-state index is 12.2. The summed E-state index contributed by atoms with van der Waals surface area (Å²) in [6.07, 6.45) is 1.63. The SMILES string of the molecule is Cc1ccc(Oc2ccc(NC(=O)C(C)C3CNC3)cn2)cc1C.Cl.Cl. The number of benzene rings is 1. The molecule has 2 heterocycles. The first kappa shape index (κ1) is 22.2. The van der Waals surface area contributed by atoms with Crippen LogP contribution < -0.4 is 15.4 Å². The van der Waals surface area contributed by atoms with Gasteiger partial charge in [-0.2, -0.15) is 0 Å². The number of amides is 1. The second kappa shape index (κ2) is 9.76. The monoisotopic (exact) mass is 397 g/mol. The number of anilines is 1. The standard InChI is InChI=1S/C19H23N3O2.2ClH/c1-12-4-6-17(8-13(12)2)24-18-7-5-16(11-21-18)22-19(23)14(3)15-9-20-10-15;;/h4-8,11,14-15,20H,9-10H2,1-3H3,(H,22,23);2*1H. The topological polar surface area (TPSA) is 63.2 Å². The Bertz CT molecular complexity index is 734. The van der Waals surface area contributed by atoms with Crippen LogP contribution in [0.5, 0.6) is 11.6 Å². The van der Waals surface area contributed by atoms with Crippen LogP contribution in [0.3, 0.4) is 0 Å². The molecule has 3 rings (SSSR count). The number of carbonyl (C=O) groups excluding carboxylic acids is 1. The van der Waals surface area contributed by atoms with Crippen molar-refractivity contribution in [1.29, 1.82) is 0 Å². The van der Waals surface area contributed by atoms with Crippen molar-refractivity contribution in [1.82, 2.24) is 10.3 Å². The average molecular weight is 398 g/mol. The molecule has 1 saturated heterocycles. The van der Waals surface area contributed by atoms with Crippen LogP contribution in [0.2, 0.25) is 0 Å². The predicted molar refractivity (Wildman–Crippen MR) is 109 cm³/mol. The fourth-order valence-electron chi connectivity index (χ4n) is 2.55. The van der Waals surface area contributed by atoms with Gasteiger partial charge < -0.3 is 15.4 Å². The van der Waals surface area contributed by atoms with E-state index in [4.69, 9.17) is 4.74 Å². The third-order valence-corrected chi connectivity index (χ3v) is 4.64. The lowest BCUT2D eigenvalue weighted by atomic mass is 9.88. The van der Waals surface area contributed by atoms with Gasteiger partial charge in [0, 0.05) is 12.0 Å². The summed E-state index contributed by atoms with van der Waals surface area (Å²) in [4.78, 5) is 16.5.